The van der Waals surface area contributed by atoms with Crippen molar-refractivity contribution in [1.82, 2.24) is 0 Å². The molecule has 0 heterocycles. The standard InChI is InChI=1S/C15H13NO3S/c1-10-4-3-5-13(8-10)20-15-7-6-12(16(18)19)9-14(15)11(2)17/h3-9H,1-2H3. The quantitative estimate of drug-likeness (QED) is 0.479. The van der Waals surface area contributed by atoms with Crippen LogP contribution in [0.15, 0.2) is 52.3 Å². The monoisotopic (exact) mass is 287 g/mol. The summed E-state index contributed by atoms with van der Waals surface area (Å²) in [5.74, 6) is -0.177. The number of aryl methyl sites for hydroxylation is 1. The van der Waals surface area contributed by atoms with Crippen LogP contribution < -0.4 is 0 Å². The van der Waals surface area contributed by atoms with Gasteiger partial charge in [-0.2, -0.15) is 0 Å². The van der Waals surface area contributed by atoms with E-state index in [1.54, 1.807) is 6.07 Å². The third kappa shape index (κ3) is 3.24. The number of hydrogen-bond acceptors (Lipinski definition) is 4. The summed E-state index contributed by atoms with van der Waals surface area (Å²) in [4.78, 5) is 23.7. The van der Waals surface area contributed by atoms with Gasteiger partial charge in [-0.1, -0.05) is 29.5 Å². The molecule has 2 aromatic rings. The van der Waals surface area contributed by atoms with E-state index >= 15 is 0 Å². The molecule has 0 spiro atoms. The predicted octanol–water partition coefficient (Wildman–Crippen LogP) is 4.26. The van der Waals surface area contributed by atoms with Crippen molar-refractivity contribution in [2.75, 3.05) is 0 Å². The Labute approximate surface area is 121 Å². The summed E-state index contributed by atoms with van der Waals surface area (Å²) in [6, 6.07) is 12.3. The van der Waals surface area contributed by atoms with Gasteiger partial charge in [0, 0.05) is 27.5 Å². The maximum atomic E-state index is 11.7. The molecule has 4 nitrogen and oxygen atoms in total. The smallest absolute Gasteiger partial charge is 0.270 e. The number of rotatable bonds is 4. The van der Waals surface area contributed by atoms with E-state index in [9.17, 15) is 14.9 Å². The van der Waals surface area contributed by atoms with E-state index in [0.717, 1.165) is 15.4 Å². The van der Waals surface area contributed by atoms with Crippen molar-refractivity contribution in [2.24, 2.45) is 0 Å². The number of non-ortho nitro benzene ring substituents is 1. The first-order valence-electron chi connectivity index (χ1n) is 6.01. The van der Waals surface area contributed by atoms with Crippen LogP contribution in [-0.2, 0) is 0 Å². The zero-order valence-electron chi connectivity index (χ0n) is 11.1. The Morgan fingerprint density at radius 2 is 1.95 bits per heavy atom. The lowest BCUT2D eigenvalue weighted by molar-refractivity contribution is -0.384. The summed E-state index contributed by atoms with van der Waals surface area (Å²) in [6.45, 7) is 3.41. The zero-order chi connectivity index (χ0) is 14.7. The fourth-order valence-electron chi connectivity index (χ4n) is 1.80. The topological polar surface area (TPSA) is 60.2 Å². The highest BCUT2D eigenvalue weighted by Crippen LogP contribution is 2.33. The van der Waals surface area contributed by atoms with Crippen LogP contribution in [0.3, 0.4) is 0 Å². The molecule has 0 aliphatic heterocycles. The molecule has 102 valence electrons. The molecule has 20 heavy (non-hydrogen) atoms. The Morgan fingerprint density at radius 1 is 1.20 bits per heavy atom. The summed E-state index contributed by atoms with van der Waals surface area (Å²) in [5.41, 5.74) is 1.44. The molecule has 0 amide bonds. The van der Waals surface area contributed by atoms with Crippen LogP contribution in [0.1, 0.15) is 22.8 Å². The summed E-state index contributed by atoms with van der Waals surface area (Å²) >= 11 is 1.43. The van der Waals surface area contributed by atoms with Gasteiger partial charge in [0.25, 0.3) is 5.69 Å². The maximum absolute atomic E-state index is 11.7. The van der Waals surface area contributed by atoms with Crippen molar-refractivity contribution in [3.63, 3.8) is 0 Å². The molecule has 5 heteroatoms. The van der Waals surface area contributed by atoms with Crippen molar-refractivity contribution < 1.29 is 9.72 Å². The van der Waals surface area contributed by atoms with E-state index in [1.807, 2.05) is 31.2 Å². The molecule has 0 aliphatic rings. The Kier molecular flexibility index (Phi) is 4.20. The zero-order valence-corrected chi connectivity index (χ0v) is 11.9. The number of hydrogen-bond donors (Lipinski definition) is 0. The second-order valence-corrected chi connectivity index (χ2v) is 5.53. The largest absolute Gasteiger partial charge is 0.294 e. The molecular formula is C15H13NO3S. The Hall–Kier alpha value is -2.14. The summed E-state index contributed by atoms with van der Waals surface area (Å²) in [6.07, 6.45) is 0. The first-order valence-corrected chi connectivity index (χ1v) is 6.83. The molecule has 2 aromatic carbocycles. The van der Waals surface area contributed by atoms with Crippen LogP contribution in [0.25, 0.3) is 0 Å². The van der Waals surface area contributed by atoms with Crippen molar-refractivity contribution in [3.8, 4) is 0 Å². The second kappa shape index (κ2) is 5.88. The minimum absolute atomic E-state index is 0.0659. The third-order valence-electron chi connectivity index (χ3n) is 2.77. The molecule has 0 unspecified atom stereocenters. The second-order valence-electron chi connectivity index (χ2n) is 4.41. The average Bonchev–Trinajstić information content (AvgIpc) is 2.38. The Bertz CT molecular complexity index is 683. The van der Waals surface area contributed by atoms with Gasteiger partial charge in [-0.25, -0.2) is 0 Å². The highest BCUT2D eigenvalue weighted by molar-refractivity contribution is 7.99. The van der Waals surface area contributed by atoms with E-state index in [4.69, 9.17) is 0 Å². The number of carbonyl (C=O) groups is 1. The number of nitro groups is 1. The van der Waals surface area contributed by atoms with Crippen LogP contribution >= 0.6 is 11.8 Å². The maximum Gasteiger partial charge on any atom is 0.270 e. The fourth-order valence-corrected chi connectivity index (χ4v) is 2.90. The fraction of sp³-hybridized carbons (Fsp3) is 0.133. The van der Waals surface area contributed by atoms with E-state index in [-0.39, 0.29) is 11.5 Å². The van der Waals surface area contributed by atoms with E-state index in [1.165, 1.54) is 30.8 Å². The average molecular weight is 287 g/mol. The lowest BCUT2D eigenvalue weighted by Gasteiger charge is -2.07. The number of nitrogens with zero attached hydrogens (tertiary/aromatic N) is 1. The molecule has 0 radical (unpaired) electrons. The van der Waals surface area contributed by atoms with Crippen LogP contribution in [0.5, 0.6) is 0 Å². The van der Waals surface area contributed by atoms with Gasteiger partial charge in [0.2, 0.25) is 0 Å². The van der Waals surface area contributed by atoms with E-state index < -0.39 is 4.92 Å². The Morgan fingerprint density at radius 3 is 2.55 bits per heavy atom. The van der Waals surface area contributed by atoms with Crippen molar-refractivity contribution in [1.29, 1.82) is 0 Å². The van der Waals surface area contributed by atoms with Gasteiger partial charge in [-0.15, -0.1) is 0 Å². The first-order chi connectivity index (χ1) is 9.47. The molecule has 0 saturated heterocycles. The molecule has 0 fully saturated rings. The molecule has 0 aliphatic carbocycles. The van der Waals surface area contributed by atoms with Gasteiger partial charge < -0.3 is 0 Å². The van der Waals surface area contributed by atoms with E-state index in [0.29, 0.717) is 5.56 Å². The van der Waals surface area contributed by atoms with Gasteiger partial charge in [0.05, 0.1) is 4.92 Å². The number of Topliss-reactive ketones (excluding diaryl/α,β-unsaturated/α-hetero) is 1. The van der Waals surface area contributed by atoms with Crippen LogP contribution in [0.4, 0.5) is 5.69 Å². The van der Waals surface area contributed by atoms with Gasteiger partial charge >= 0.3 is 0 Å². The third-order valence-corrected chi connectivity index (χ3v) is 3.84. The molecule has 0 bridgehead atoms. The van der Waals surface area contributed by atoms with Crippen LogP contribution in [0.2, 0.25) is 0 Å². The Balaban J connectivity index is 2.41. The lowest BCUT2D eigenvalue weighted by atomic mass is 10.1. The number of nitro benzene ring substituents is 1. The first kappa shape index (κ1) is 14.3. The molecule has 2 rings (SSSR count). The number of benzene rings is 2. The SMILES string of the molecule is CC(=O)c1cc([N+](=O)[O-])ccc1Sc1cccc(C)c1. The molecule has 0 saturated carbocycles. The molecule has 0 aromatic heterocycles. The minimum atomic E-state index is -0.493. The van der Waals surface area contributed by atoms with Gasteiger partial charge in [-0.05, 0) is 32.0 Å². The van der Waals surface area contributed by atoms with Crippen molar-refractivity contribution >= 4 is 23.2 Å². The molecule has 0 N–H and O–H groups in total. The van der Waals surface area contributed by atoms with Gasteiger partial charge in [0.1, 0.15) is 0 Å². The lowest BCUT2D eigenvalue weighted by Crippen LogP contribution is -1.98. The highest BCUT2D eigenvalue weighted by Gasteiger charge is 2.14. The molecular weight excluding hydrogens is 274 g/mol. The number of ketones is 1. The predicted molar refractivity (Wildman–Crippen MR) is 78.4 cm³/mol. The van der Waals surface area contributed by atoms with Crippen LogP contribution in [-0.4, -0.2) is 10.7 Å². The molecule has 0 atom stereocenters. The van der Waals surface area contributed by atoms with E-state index in [2.05, 4.69) is 0 Å². The summed E-state index contributed by atoms with van der Waals surface area (Å²) in [5, 5.41) is 10.8. The summed E-state index contributed by atoms with van der Waals surface area (Å²) in [7, 11) is 0. The highest BCUT2D eigenvalue weighted by atomic mass is 32.2. The summed E-state index contributed by atoms with van der Waals surface area (Å²) < 4.78 is 0. The van der Waals surface area contributed by atoms with Gasteiger partial charge in [0.15, 0.2) is 5.78 Å². The minimum Gasteiger partial charge on any atom is -0.294 e. The normalized spacial score (nSPS) is 10.3. The van der Waals surface area contributed by atoms with Crippen LogP contribution in [0, 0.1) is 17.0 Å². The van der Waals surface area contributed by atoms with Gasteiger partial charge in [-0.3, -0.25) is 14.9 Å². The van der Waals surface area contributed by atoms with Crippen molar-refractivity contribution in [3.05, 3.63) is 63.7 Å². The van der Waals surface area contributed by atoms with Crippen molar-refractivity contribution in [2.45, 2.75) is 23.6 Å². The number of carbonyl (C=O) groups excluding carboxylic acids is 1.